The van der Waals surface area contributed by atoms with E-state index in [9.17, 15) is 4.79 Å². The van der Waals surface area contributed by atoms with Gasteiger partial charge in [0.25, 0.3) is 0 Å². The van der Waals surface area contributed by atoms with Crippen LogP contribution in [0.4, 0.5) is 0 Å². The first kappa shape index (κ1) is 14.4. The van der Waals surface area contributed by atoms with Gasteiger partial charge in [0.05, 0.1) is 13.2 Å². The van der Waals surface area contributed by atoms with E-state index in [1.165, 1.54) is 12.8 Å². The summed E-state index contributed by atoms with van der Waals surface area (Å²) in [5, 5.41) is 0. The minimum Gasteiger partial charge on any atom is -0.489 e. The summed E-state index contributed by atoms with van der Waals surface area (Å²) in [6, 6.07) is 5.64. The number of rotatable bonds is 2. The molecule has 3 heteroatoms. The van der Waals surface area contributed by atoms with Crippen molar-refractivity contribution in [2.75, 3.05) is 13.2 Å². The van der Waals surface area contributed by atoms with Crippen molar-refractivity contribution in [2.45, 2.75) is 39.5 Å². The predicted octanol–water partition coefficient (Wildman–Crippen LogP) is 4.10. The zero-order valence-corrected chi connectivity index (χ0v) is 12.9. The number of carbonyl (C=O) groups is 1. The molecule has 1 aromatic carbocycles. The molecule has 1 fully saturated rings. The van der Waals surface area contributed by atoms with Crippen LogP contribution >= 0.6 is 0 Å². The average Bonchev–Trinajstić information content (AvgIpc) is 2.69. The van der Waals surface area contributed by atoms with Crippen LogP contribution in [0.15, 0.2) is 18.2 Å². The number of fused-ring (bicyclic) bond motifs is 1. The fourth-order valence-electron chi connectivity index (χ4n) is 3.16. The van der Waals surface area contributed by atoms with Gasteiger partial charge in [-0.25, -0.2) is 0 Å². The van der Waals surface area contributed by atoms with Crippen LogP contribution in [0.25, 0.3) is 0 Å². The van der Waals surface area contributed by atoms with Gasteiger partial charge in [-0.1, -0.05) is 26.7 Å². The lowest BCUT2D eigenvalue weighted by Gasteiger charge is -2.25. The highest BCUT2D eigenvalue weighted by atomic mass is 16.5. The molecule has 0 saturated heterocycles. The van der Waals surface area contributed by atoms with Crippen molar-refractivity contribution in [3.05, 3.63) is 23.8 Å². The Labute approximate surface area is 126 Å². The van der Waals surface area contributed by atoms with Gasteiger partial charge in [0.15, 0.2) is 17.3 Å². The molecule has 0 spiro atoms. The third-order valence-electron chi connectivity index (χ3n) is 4.66. The molecule has 0 amide bonds. The van der Waals surface area contributed by atoms with Gasteiger partial charge < -0.3 is 9.47 Å². The number of benzene rings is 1. The molecule has 1 unspecified atom stereocenters. The van der Waals surface area contributed by atoms with Crippen LogP contribution in [-0.4, -0.2) is 19.0 Å². The highest BCUT2D eigenvalue weighted by molar-refractivity contribution is 5.98. The number of hydrogen-bond donors (Lipinski definition) is 0. The molecule has 3 nitrogen and oxygen atoms in total. The van der Waals surface area contributed by atoms with Crippen LogP contribution in [0.3, 0.4) is 0 Å². The molecular weight excluding hydrogens is 264 g/mol. The zero-order valence-electron chi connectivity index (χ0n) is 12.9. The van der Waals surface area contributed by atoms with Crippen molar-refractivity contribution in [2.24, 2.45) is 17.8 Å². The Kier molecular flexibility index (Phi) is 4.18. The van der Waals surface area contributed by atoms with Crippen LogP contribution in [0.5, 0.6) is 11.5 Å². The topological polar surface area (TPSA) is 35.5 Å². The second-order valence-corrected chi connectivity index (χ2v) is 6.71. The van der Waals surface area contributed by atoms with Gasteiger partial charge in [0.2, 0.25) is 0 Å². The quantitative estimate of drug-likeness (QED) is 0.768. The fourth-order valence-corrected chi connectivity index (χ4v) is 3.16. The molecule has 1 heterocycles. The Morgan fingerprint density at radius 1 is 0.952 bits per heavy atom. The Hall–Kier alpha value is -1.51. The second kappa shape index (κ2) is 6.08. The summed E-state index contributed by atoms with van der Waals surface area (Å²) in [6.45, 7) is 5.68. The minimum atomic E-state index is 0.185. The molecule has 114 valence electrons. The summed E-state index contributed by atoms with van der Waals surface area (Å²) < 4.78 is 11.5. The van der Waals surface area contributed by atoms with Gasteiger partial charge in [-0.2, -0.15) is 0 Å². The Morgan fingerprint density at radius 2 is 1.62 bits per heavy atom. The normalized spacial score (nSPS) is 28.8. The van der Waals surface area contributed by atoms with Crippen LogP contribution in [0.2, 0.25) is 0 Å². The summed E-state index contributed by atoms with van der Waals surface area (Å²) in [6.07, 6.45) is 4.37. The van der Waals surface area contributed by atoms with Crippen LogP contribution < -0.4 is 9.47 Å². The van der Waals surface area contributed by atoms with E-state index < -0.39 is 0 Å². The van der Waals surface area contributed by atoms with Gasteiger partial charge >= 0.3 is 0 Å². The molecule has 0 radical (unpaired) electrons. The van der Waals surface area contributed by atoms with Gasteiger partial charge in [-0.3, -0.25) is 4.79 Å². The maximum absolute atomic E-state index is 12.6. The standard InChI is InChI=1S/C18H24O3/c1-12-3-5-14(6-4-12)18(19)15-7-8-16-17(9-15)21-11-13(2)10-20-16/h7-9,12-14H,3-6,10-11H2,1-2H3. The molecule has 2 aliphatic rings. The van der Waals surface area contributed by atoms with E-state index in [0.29, 0.717) is 19.1 Å². The van der Waals surface area contributed by atoms with Crippen molar-refractivity contribution in [3.8, 4) is 11.5 Å². The van der Waals surface area contributed by atoms with E-state index in [4.69, 9.17) is 9.47 Å². The van der Waals surface area contributed by atoms with Crippen molar-refractivity contribution in [1.29, 1.82) is 0 Å². The molecule has 0 aromatic heterocycles. The lowest BCUT2D eigenvalue weighted by Crippen LogP contribution is -2.21. The molecule has 1 aliphatic heterocycles. The summed E-state index contributed by atoms with van der Waals surface area (Å²) in [5.41, 5.74) is 0.770. The lowest BCUT2D eigenvalue weighted by molar-refractivity contribution is 0.0875. The predicted molar refractivity (Wildman–Crippen MR) is 82.0 cm³/mol. The SMILES string of the molecule is CC1CCC(C(=O)c2ccc3c(c2)OCC(C)CO3)CC1. The number of Topliss-reactive ketones (excluding diaryl/α,β-unsaturated/α-hetero) is 1. The lowest BCUT2D eigenvalue weighted by atomic mass is 9.79. The van der Waals surface area contributed by atoms with E-state index in [-0.39, 0.29) is 11.7 Å². The van der Waals surface area contributed by atoms with Crippen molar-refractivity contribution in [1.82, 2.24) is 0 Å². The fraction of sp³-hybridized carbons (Fsp3) is 0.611. The summed E-state index contributed by atoms with van der Waals surface area (Å²) in [4.78, 5) is 12.6. The first-order valence-corrected chi connectivity index (χ1v) is 8.07. The molecule has 1 aromatic rings. The van der Waals surface area contributed by atoms with Gasteiger partial charge in [-0.05, 0) is 37.0 Å². The van der Waals surface area contributed by atoms with Crippen LogP contribution in [0.1, 0.15) is 49.9 Å². The summed E-state index contributed by atoms with van der Waals surface area (Å²) in [7, 11) is 0. The van der Waals surface area contributed by atoms with Crippen molar-refractivity contribution < 1.29 is 14.3 Å². The molecule has 3 rings (SSSR count). The Balaban J connectivity index is 1.76. The van der Waals surface area contributed by atoms with Gasteiger partial charge in [0, 0.05) is 17.4 Å². The molecule has 1 aliphatic carbocycles. The molecule has 1 atom stereocenters. The summed E-state index contributed by atoms with van der Waals surface area (Å²) >= 11 is 0. The number of carbonyl (C=O) groups excluding carboxylic acids is 1. The molecule has 0 bridgehead atoms. The highest BCUT2D eigenvalue weighted by Gasteiger charge is 2.26. The largest absolute Gasteiger partial charge is 0.489 e. The second-order valence-electron chi connectivity index (χ2n) is 6.71. The first-order valence-electron chi connectivity index (χ1n) is 8.07. The Bertz CT molecular complexity index is 515. The van der Waals surface area contributed by atoms with Crippen LogP contribution in [-0.2, 0) is 0 Å². The summed E-state index contributed by atoms with van der Waals surface area (Å²) in [5.74, 6) is 3.06. The number of ketones is 1. The van der Waals surface area contributed by atoms with E-state index >= 15 is 0 Å². The van der Waals surface area contributed by atoms with Gasteiger partial charge in [-0.15, -0.1) is 0 Å². The van der Waals surface area contributed by atoms with E-state index in [2.05, 4.69) is 13.8 Å². The van der Waals surface area contributed by atoms with E-state index in [1.54, 1.807) is 0 Å². The Morgan fingerprint density at radius 3 is 2.33 bits per heavy atom. The maximum Gasteiger partial charge on any atom is 0.166 e. The van der Waals surface area contributed by atoms with Crippen molar-refractivity contribution >= 4 is 5.78 Å². The number of ether oxygens (including phenoxy) is 2. The van der Waals surface area contributed by atoms with E-state index in [1.807, 2.05) is 18.2 Å². The van der Waals surface area contributed by atoms with E-state index in [0.717, 1.165) is 35.8 Å². The van der Waals surface area contributed by atoms with Crippen LogP contribution in [0, 0.1) is 17.8 Å². The molecule has 21 heavy (non-hydrogen) atoms. The first-order chi connectivity index (χ1) is 10.1. The maximum atomic E-state index is 12.6. The monoisotopic (exact) mass is 288 g/mol. The molecule has 0 N–H and O–H groups in total. The molecular formula is C18H24O3. The minimum absolute atomic E-state index is 0.185. The third-order valence-corrected chi connectivity index (χ3v) is 4.66. The van der Waals surface area contributed by atoms with Crippen molar-refractivity contribution in [3.63, 3.8) is 0 Å². The number of hydrogen-bond acceptors (Lipinski definition) is 3. The smallest absolute Gasteiger partial charge is 0.166 e. The van der Waals surface area contributed by atoms with Gasteiger partial charge in [0.1, 0.15) is 0 Å². The molecule has 1 saturated carbocycles. The average molecular weight is 288 g/mol. The third kappa shape index (κ3) is 3.22. The zero-order chi connectivity index (χ0) is 14.8. The highest BCUT2D eigenvalue weighted by Crippen LogP contribution is 2.35.